The second-order valence-electron chi connectivity index (χ2n) is 33.9. The maximum absolute atomic E-state index is 11.3. The third-order valence-electron chi connectivity index (χ3n) is 21.2. The normalized spacial score (nSPS) is 11.3. The molecule has 0 aromatic heterocycles. The number of nitrogens with zero attached hydrogens (tertiary/aromatic N) is 2. The van der Waals surface area contributed by atoms with Crippen molar-refractivity contribution in [1.82, 2.24) is 0 Å². The number of phenols is 6. The summed E-state index contributed by atoms with van der Waals surface area (Å²) in [5, 5.41) is 64.1. The summed E-state index contributed by atoms with van der Waals surface area (Å²) in [5.74, 6) is 4.76. The van der Waals surface area contributed by atoms with Gasteiger partial charge in [-0.3, -0.25) is 24.3 Å². The molecule has 11 aromatic carbocycles. The van der Waals surface area contributed by atoms with Crippen molar-refractivity contribution in [3.05, 3.63) is 298 Å². The fraction of sp³-hybridized carbons (Fsp3) is 0.364. The Bertz CT molecular complexity index is 5500. The van der Waals surface area contributed by atoms with Crippen LogP contribution < -0.4 is 33.7 Å². The van der Waals surface area contributed by atoms with E-state index in [1.165, 1.54) is 64.5 Å². The average molecular weight is 1980 g/mol. The quantitative estimate of drug-likeness (QED) is 0.0144. The Morgan fingerprint density at radius 2 is 0.684 bits per heavy atom. The van der Waals surface area contributed by atoms with Gasteiger partial charge in [-0.15, -0.1) is 0 Å². The van der Waals surface area contributed by atoms with Crippen LogP contribution in [0.1, 0.15) is 293 Å². The van der Waals surface area contributed by atoms with E-state index < -0.39 is 9.05 Å². The summed E-state index contributed by atoms with van der Waals surface area (Å²) in [6.45, 7) is 57.0. The Hall–Kier alpha value is -9.62. The van der Waals surface area contributed by atoms with E-state index in [-0.39, 0.29) is 83.0 Å². The molecule has 0 aliphatic heterocycles. The largest absolute Gasteiger partial charge is 1.00 e. The van der Waals surface area contributed by atoms with E-state index in [1.807, 2.05) is 167 Å². The van der Waals surface area contributed by atoms with Gasteiger partial charge in [0.05, 0.1) is 51.7 Å². The summed E-state index contributed by atoms with van der Waals surface area (Å²) in [6, 6.07) is 62.3. The minimum Gasteiger partial charge on any atom is -1.00 e. The number of methoxy groups -OCH3 is 2. The Balaban J connectivity index is 0.000000816. The van der Waals surface area contributed by atoms with Crippen molar-refractivity contribution in [3.8, 4) is 68.2 Å². The molecule has 0 bridgehead atoms. The molecule has 0 amide bonds. The summed E-state index contributed by atoms with van der Waals surface area (Å²) in [4.78, 5) is 31.9. The zero-order valence-corrected chi connectivity index (χ0v) is 87.5. The number of phenolic OH excluding ortho intramolecular Hbond substituents is 6. The number of carbonyl (C=O) groups excluding carboxylic acids is 2. The molecule has 1 unspecified atom stereocenters. The van der Waals surface area contributed by atoms with E-state index in [9.17, 15) is 35.1 Å². The minimum absolute atomic E-state index is 0. The number of nitrogens with one attached hydrogen (secondary N) is 1. The van der Waals surface area contributed by atoms with Gasteiger partial charge in [-0.05, 0) is 306 Å². The first-order valence-corrected chi connectivity index (χ1v) is 47.9. The van der Waals surface area contributed by atoms with E-state index in [4.69, 9.17) is 42.3 Å². The summed E-state index contributed by atoms with van der Waals surface area (Å²) >= 11 is 6.58. The number of halogens is 3. The van der Waals surface area contributed by atoms with Crippen LogP contribution in [0, 0.1) is 41.5 Å². The van der Waals surface area contributed by atoms with E-state index in [1.54, 1.807) is 50.6 Å². The Morgan fingerprint density at radius 1 is 0.368 bits per heavy atom. The molecule has 0 spiro atoms. The van der Waals surface area contributed by atoms with E-state index in [0.717, 1.165) is 101 Å². The number of benzene rings is 11. The van der Waals surface area contributed by atoms with Crippen molar-refractivity contribution in [2.75, 3.05) is 46.0 Å². The van der Waals surface area contributed by atoms with Crippen LogP contribution in [0.25, 0.3) is 22.3 Å². The number of hydrogen-bond donors (Lipinski definition) is 7. The van der Waals surface area contributed by atoms with Crippen LogP contribution in [0.3, 0.4) is 0 Å². The number of Topliss-reactive ketones (excluding diaryl/α,β-unsaturated/α-hetero) is 2. The number of aromatic hydroxyl groups is 6. The summed E-state index contributed by atoms with van der Waals surface area (Å²) in [6.07, 6.45) is 0. The molecule has 7 N–H and O–H groups in total. The number of carbonyl (C=O) groups is 2. The molecule has 0 fully saturated rings. The molecule has 0 aliphatic rings. The van der Waals surface area contributed by atoms with Crippen molar-refractivity contribution in [2.45, 2.75) is 228 Å². The fourth-order valence-electron chi connectivity index (χ4n) is 14.5. The van der Waals surface area contributed by atoms with Crippen LogP contribution in [0.4, 0.5) is 21.8 Å². The topological polar surface area (TPSA) is 248 Å². The van der Waals surface area contributed by atoms with Gasteiger partial charge in [-0.1, -0.05) is 209 Å². The van der Waals surface area contributed by atoms with Crippen molar-refractivity contribution in [1.29, 1.82) is 0 Å². The van der Waals surface area contributed by atoms with E-state index in [0.29, 0.717) is 93.5 Å². The van der Waals surface area contributed by atoms with Gasteiger partial charge >= 0.3 is 27.9 Å². The molecule has 0 aliphatic carbocycles. The van der Waals surface area contributed by atoms with Crippen LogP contribution in [0.5, 0.6) is 46.0 Å². The van der Waals surface area contributed by atoms with Gasteiger partial charge in [0.15, 0.2) is 28.9 Å². The molecule has 0 saturated carbocycles. The first-order valence-electron chi connectivity index (χ1n) is 44.7. The van der Waals surface area contributed by atoms with Crippen LogP contribution in [-0.4, -0.2) is 121 Å². The molecule has 714 valence electrons. The molecular weight excluding hydrogens is 1830 g/mol. The van der Waals surface area contributed by atoms with Gasteiger partial charge in [-0.2, -0.15) is 0 Å². The average Bonchev–Trinajstić information content (AvgIpc) is 0.807. The molecule has 0 radical (unpaired) electrons. The smallest absolute Gasteiger partial charge is 1.00 e. The first-order chi connectivity index (χ1) is 61.4. The zero-order valence-electron chi connectivity index (χ0n) is 84.4. The van der Waals surface area contributed by atoms with Crippen molar-refractivity contribution in [3.63, 3.8) is 0 Å². The second kappa shape index (κ2) is 58.0. The minimum atomic E-state index is -2.80. The zero-order chi connectivity index (χ0) is 97.3. The number of ether oxygens (including phenoxy) is 2. The van der Waals surface area contributed by atoms with Gasteiger partial charge in [0.2, 0.25) is 0 Å². The molecule has 11 rings (SSSR count). The third kappa shape index (κ3) is 34.9. The number of hydrogen-bond acceptors (Lipinski definition) is 17. The van der Waals surface area contributed by atoms with E-state index in [2.05, 4.69) is 195 Å². The fourth-order valence-corrected chi connectivity index (χ4v) is 17.6. The van der Waals surface area contributed by atoms with Crippen LogP contribution in [-0.2, 0) is 17.7 Å². The Morgan fingerprint density at radius 3 is 1.03 bits per heavy atom. The van der Waals surface area contributed by atoms with Crippen LogP contribution in [0.2, 0.25) is 0 Å². The Kier molecular flexibility index (Phi) is 52.0. The van der Waals surface area contributed by atoms with Crippen molar-refractivity contribution >= 4 is 98.3 Å². The van der Waals surface area contributed by atoms with Gasteiger partial charge in [0.25, 0.3) is 0 Å². The van der Waals surface area contributed by atoms with Crippen LogP contribution >= 0.6 is 31.9 Å². The first kappa shape index (κ1) is 119. The second-order valence-corrected chi connectivity index (χ2v) is 37.8. The molecule has 1 atom stereocenters. The van der Waals surface area contributed by atoms with Gasteiger partial charge in [0, 0.05) is 82.5 Å². The number of rotatable bonds is 27. The standard InChI is InChI=1S/C28H35NO2.C28H33NO2.C21H26BrNO.C9H9BrO2.C9H10O2.C8H20O4Si.C7H8O.Al.FH.Li.4H/c2*1-17(2)21-12-10-13-22(18(3)4)27(21)29-20(6)24-15-19(5)16-25(28(24)30)23-11-8-9-14-26(23)31-7;1-12(2)16-8-7-9-17(13(3)4)20(16)23-15(6)18-10-14(5)11-19(22)21(18)24;1-5-3-7(6(2)11)9(12)8(10)4-5;1-6-3-4-9(11)8(5-6)7(2)10;1-5-9-13(10-6-2,11-7-3)12-8-4;1-6-2-4-7(8)5-3-6;;;;;;;/h8-18,20,29-30H,1-7H3;8-18,30H,1-7H3;7-13,24H,1-6H3;3-4,12H,1-2H3;3-5,11H,1-2H3;5-8H2,1-4H3;2-5,8H,1H3;;1H;;;;;/q;;;;;;;;;+1;;;;-1. The van der Waals surface area contributed by atoms with Crippen molar-refractivity contribution < 1.29 is 92.4 Å². The summed E-state index contributed by atoms with van der Waals surface area (Å²) in [5.41, 5.74) is 25.2. The predicted molar refractivity (Wildman–Crippen MR) is 562 cm³/mol. The van der Waals surface area contributed by atoms with E-state index >= 15 is 0 Å². The third-order valence-corrected chi connectivity index (χ3v) is 25.0. The number of aryl methyl sites for hydroxylation is 6. The maximum Gasteiger partial charge on any atom is 1.00 e. The van der Waals surface area contributed by atoms with Gasteiger partial charge in [-0.25, -0.2) is 0 Å². The number of anilines is 1. The molecule has 17 nitrogen and oxygen atoms in total. The molecule has 0 heterocycles. The summed E-state index contributed by atoms with van der Waals surface area (Å²) < 4.78 is 34.0. The molecule has 0 saturated heterocycles. The molecule has 23 heteroatoms. The van der Waals surface area contributed by atoms with Gasteiger partial charge < -0.3 is 64.6 Å². The number of ketones is 2. The number of aliphatic imine (C=N–C) groups is 2. The SMILES string of the molecule is CC(=Nc1c(C(C)C)cccc1C(C)C)c1cc(C)cc(Br)c1O.CC(=O)c1cc(C)cc(Br)c1O.CC(=O)c1cc(C)ccc1O.CCO[Si](OCC)(OCC)OCC.COc1ccccc1-c1cc(C)cc(C(C)=Nc2c(C(C)C)cccc2C(C)C)c1O.COc1ccccc1-c1cc(C)cc(C(C)Nc2c(C(C)C)cccc2C(C)C)c1O.Cc1ccc(O)cc1.F.[AlH3].[H-].[Li+]. The molecule has 133 heavy (non-hydrogen) atoms. The van der Waals surface area contributed by atoms with Gasteiger partial charge in [0.1, 0.15) is 46.0 Å². The Labute approximate surface area is 834 Å². The predicted octanol–water partition coefficient (Wildman–Crippen LogP) is 26.3. The summed E-state index contributed by atoms with van der Waals surface area (Å²) in [7, 11) is 0.513. The number of para-hydroxylation sites is 5. The molecule has 11 aromatic rings. The monoisotopic (exact) mass is 1970 g/mol. The molecular formula is C110H146AlBr2FLiN3O14Si. The maximum atomic E-state index is 11.3. The van der Waals surface area contributed by atoms with Crippen molar-refractivity contribution in [2.24, 2.45) is 9.98 Å². The van der Waals surface area contributed by atoms with Crippen LogP contribution in [0.15, 0.2) is 213 Å².